The smallest absolute Gasteiger partial charge is 0.320 e. The number of halogens is 1. The number of carbonyl (C=O) groups excluding carboxylic acids is 1. The quantitative estimate of drug-likeness (QED) is 0.800. The fourth-order valence-corrected chi connectivity index (χ4v) is 1.34. The summed E-state index contributed by atoms with van der Waals surface area (Å²) in [6, 6.07) is 1.33. The number of amides is 2. The highest BCUT2D eigenvalue weighted by molar-refractivity contribution is 9.10. The van der Waals surface area contributed by atoms with Crippen LogP contribution in [0.5, 0.6) is 0 Å². The normalized spacial score (nSPS) is 11.1. The SMILES string of the molecule is Cc1cnc(NC(=O)NCC(C)(C)O)cc1Br. The Morgan fingerprint density at radius 3 is 2.76 bits per heavy atom. The molecular weight excluding hydrogens is 286 g/mol. The molecule has 2 amide bonds. The molecule has 0 aromatic carbocycles. The number of hydrogen-bond donors (Lipinski definition) is 3. The second-order valence-corrected chi connectivity index (χ2v) is 5.29. The molecule has 0 spiro atoms. The molecule has 0 saturated carbocycles. The number of rotatable bonds is 3. The monoisotopic (exact) mass is 301 g/mol. The molecule has 0 fully saturated rings. The topological polar surface area (TPSA) is 74.2 Å². The minimum absolute atomic E-state index is 0.172. The molecule has 0 aliphatic heterocycles. The van der Waals surface area contributed by atoms with Crippen LogP contribution in [-0.2, 0) is 0 Å². The van der Waals surface area contributed by atoms with Gasteiger partial charge in [0.2, 0.25) is 0 Å². The van der Waals surface area contributed by atoms with Gasteiger partial charge in [0.25, 0.3) is 0 Å². The molecule has 1 aromatic rings. The van der Waals surface area contributed by atoms with Crippen molar-refractivity contribution in [2.75, 3.05) is 11.9 Å². The molecule has 0 bridgehead atoms. The fraction of sp³-hybridized carbons (Fsp3) is 0.455. The minimum atomic E-state index is -0.932. The molecule has 3 N–H and O–H groups in total. The first-order chi connectivity index (χ1) is 7.78. The van der Waals surface area contributed by atoms with E-state index in [2.05, 4.69) is 31.5 Å². The summed E-state index contributed by atoms with van der Waals surface area (Å²) in [5.41, 5.74) is 0.0611. The zero-order valence-electron chi connectivity index (χ0n) is 10.0. The number of nitrogens with one attached hydrogen (secondary N) is 2. The van der Waals surface area contributed by atoms with Gasteiger partial charge in [-0.3, -0.25) is 5.32 Å². The number of carbonyl (C=O) groups is 1. The lowest BCUT2D eigenvalue weighted by molar-refractivity contribution is 0.0826. The molecule has 0 aliphatic rings. The molecule has 0 saturated heterocycles. The first-order valence-corrected chi connectivity index (χ1v) is 5.96. The molecular formula is C11H16BrN3O2. The number of nitrogens with zero attached hydrogens (tertiary/aromatic N) is 1. The standard InChI is InChI=1S/C11H16BrN3O2/c1-7-5-13-9(4-8(7)12)15-10(16)14-6-11(2,3)17/h4-5,17H,6H2,1-3H3,(H2,13,14,15,16). The van der Waals surface area contributed by atoms with Crippen molar-refractivity contribution in [2.24, 2.45) is 0 Å². The number of aromatic nitrogens is 1. The largest absolute Gasteiger partial charge is 0.389 e. The van der Waals surface area contributed by atoms with E-state index >= 15 is 0 Å². The van der Waals surface area contributed by atoms with Crippen LogP contribution in [0.2, 0.25) is 0 Å². The number of pyridine rings is 1. The van der Waals surface area contributed by atoms with Gasteiger partial charge in [-0.15, -0.1) is 0 Å². The molecule has 0 radical (unpaired) electrons. The van der Waals surface area contributed by atoms with Crippen molar-refractivity contribution in [1.29, 1.82) is 0 Å². The van der Waals surface area contributed by atoms with E-state index in [1.807, 2.05) is 6.92 Å². The van der Waals surface area contributed by atoms with Gasteiger partial charge in [0.1, 0.15) is 5.82 Å². The van der Waals surface area contributed by atoms with Crippen LogP contribution in [0.25, 0.3) is 0 Å². The van der Waals surface area contributed by atoms with Crippen LogP contribution < -0.4 is 10.6 Å². The summed E-state index contributed by atoms with van der Waals surface area (Å²) >= 11 is 3.36. The van der Waals surface area contributed by atoms with E-state index in [0.717, 1.165) is 10.0 Å². The molecule has 5 nitrogen and oxygen atoms in total. The van der Waals surface area contributed by atoms with E-state index in [4.69, 9.17) is 0 Å². The predicted octanol–water partition coefficient (Wildman–Crippen LogP) is 2.04. The van der Waals surface area contributed by atoms with E-state index in [1.165, 1.54) is 0 Å². The Labute approximate surface area is 109 Å². The fourth-order valence-electron chi connectivity index (χ4n) is 1.02. The summed E-state index contributed by atoms with van der Waals surface area (Å²) in [7, 11) is 0. The highest BCUT2D eigenvalue weighted by Crippen LogP contribution is 2.17. The summed E-state index contributed by atoms with van der Waals surface area (Å²) < 4.78 is 0.880. The summed E-state index contributed by atoms with van der Waals surface area (Å²) in [5, 5.41) is 14.6. The zero-order valence-corrected chi connectivity index (χ0v) is 11.6. The van der Waals surface area contributed by atoms with E-state index < -0.39 is 11.6 Å². The third-order valence-electron chi connectivity index (χ3n) is 1.96. The highest BCUT2D eigenvalue weighted by Gasteiger charge is 2.14. The van der Waals surface area contributed by atoms with Crippen molar-refractivity contribution in [1.82, 2.24) is 10.3 Å². The van der Waals surface area contributed by atoms with Crippen LogP contribution >= 0.6 is 15.9 Å². The van der Waals surface area contributed by atoms with Crippen molar-refractivity contribution in [3.05, 3.63) is 22.3 Å². The first-order valence-electron chi connectivity index (χ1n) is 5.17. The lowest BCUT2D eigenvalue weighted by Crippen LogP contribution is -2.40. The van der Waals surface area contributed by atoms with Gasteiger partial charge in [-0.2, -0.15) is 0 Å². The maximum absolute atomic E-state index is 11.5. The number of anilines is 1. The zero-order chi connectivity index (χ0) is 13.1. The number of aliphatic hydroxyl groups is 1. The molecule has 6 heteroatoms. The Bertz CT molecular complexity index is 416. The molecule has 1 rings (SSSR count). The molecule has 1 heterocycles. The van der Waals surface area contributed by atoms with E-state index in [-0.39, 0.29) is 6.54 Å². The van der Waals surface area contributed by atoms with Gasteiger partial charge in [0, 0.05) is 17.2 Å². The summed E-state index contributed by atoms with van der Waals surface area (Å²) in [4.78, 5) is 15.5. The minimum Gasteiger partial charge on any atom is -0.389 e. The maximum atomic E-state index is 11.5. The van der Waals surface area contributed by atoms with E-state index in [0.29, 0.717) is 5.82 Å². The van der Waals surface area contributed by atoms with E-state index in [9.17, 15) is 9.90 Å². The van der Waals surface area contributed by atoms with Gasteiger partial charge in [-0.05, 0) is 32.4 Å². The van der Waals surface area contributed by atoms with Gasteiger partial charge in [-0.1, -0.05) is 15.9 Å². The second-order valence-electron chi connectivity index (χ2n) is 4.44. The Hall–Kier alpha value is -1.14. The van der Waals surface area contributed by atoms with Crippen molar-refractivity contribution in [3.8, 4) is 0 Å². The van der Waals surface area contributed by atoms with Crippen molar-refractivity contribution < 1.29 is 9.90 Å². The Morgan fingerprint density at radius 1 is 1.59 bits per heavy atom. The Morgan fingerprint density at radius 2 is 2.24 bits per heavy atom. The first kappa shape index (κ1) is 13.9. The van der Waals surface area contributed by atoms with Gasteiger partial charge in [0.15, 0.2) is 0 Å². The van der Waals surface area contributed by atoms with Crippen LogP contribution in [0, 0.1) is 6.92 Å². The predicted molar refractivity (Wildman–Crippen MR) is 70.0 cm³/mol. The number of aryl methyl sites for hydroxylation is 1. The maximum Gasteiger partial charge on any atom is 0.320 e. The molecule has 17 heavy (non-hydrogen) atoms. The summed E-state index contributed by atoms with van der Waals surface area (Å²) in [5.74, 6) is 0.454. The van der Waals surface area contributed by atoms with Crippen molar-refractivity contribution >= 4 is 27.8 Å². The lowest BCUT2D eigenvalue weighted by Gasteiger charge is -2.17. The molecule has 0 atom stereocenters. The third kappa shape index (κ3) is 5.14. The van der Waals surface area contributed by atoms with Crippen LogP contribution in [0.3, 0.4) is 0 Å². The van der Waals surface area contributed by atoms with Crippen LogP contribution in [0.4, 0.5) is 10.6 Å². The summed E-state index contributed by atoms with van der Waals surface area (Å²) in [6.45, 7) is 5.32. The second kappa shape index (κ2) is 5.46. The van der Waals surface area contributed by atoms with Gasteiger partial charge < -0.3 is 10.4 Å². The molecule has 94 valence electrons. The molecule has 1 aromatic heterocycles. The van der Waals surface area contributed by atoms with Gasteiger partial charge >= 0.3 is 6.03 Å². The van der Waals surface area contributed by atoms with Gasteiger partial charge in [0.05, 0.1) is 5.60 Å². The van der Waals surface area contributed by atoms with Crippen molar-refractivity contribution in [2.45, 2.75) is 26.4 Å². The molecule has 0 unspecified atom stereocenters. The molecule has 0 aliphatic carbocycles. The lowest BCUT2D eigenvalue weighted by atomic mass is 10.1. The van der Waals surface area contributed by atoms with E-state index in [1.54, 1.807) is 26.1 Å². The highest BCUT2D eigenvalue weighted by atomic mass is 79.9. The van der Waals surface area contributed by atoms with Crippen LogP contribution in [0.1, 0.15) is 19.4 Å². The summed E-state index contributed by atoms with van der Waals surface area (Å²) in [6.07, 6.45) is 1.66. The van der Waals surface area contributed by atoms with Gasteiger partial charge in [-0.25, -0.2) is 9.78 Å². The number of urea groups is 1. The van der Waals surface area contributed by atoms with Crippen LogP contribution in [-0.4, -0.2) is 28.3 Å². The Balaban J connectivity index is 2.54. The Kier molecular flexibility index (Phi) is 4.47. The number of hydrogen-bond acceptors (Lipinski definition) is 3. The van der Waals surface area contributed by atoms with Crippen LogP contribution in [0.15, 0.2) is 16.7 Å². The average molecular weight is 302 g/mol. The average Bonchev–Trinajstić information content (AvgIpc) is 2.20. The third-order valence-corrected chi connectivity index (χ3v) is 2.81. The van der Waals surface area contributed by atoms with Crippen molar-refractivity contribution in [3.63, 3.8) is 0 Å².